The Morgan fingerprint density at radius 1 is 1.33 bits per heavy atom. The summed E-state index contributed by atoms with van der Waals surface area (Å²) in [5, 5.41) is 7.78. The summed E-state index contributed by atoms with van der Waals surface area (Å²) in [6, 6.07) is 0.524. The fourth-order valence-electron chi connectivity index (χ4n) is 2.56. The van der Waals surface area contributed by atoms with E-state index >= 15 is 0 Å². The van der Waals surface area contributed by atoms with Crippen LogP contribution in [0.2, 0.25) is 0 Å². The van der Waals surface area contributed by atoms with Gasteiger partial charge in [-0.1, -0.05) is 13.8 Å². The summed E-state index contributed by atoms with van der Waals surface area (Å²) in [7, 11) is 6.18. The van der Waals surface area contributed by atoms with Crippen molar-refractivity contribution in [2.75, 3.05) is 19.0 Å². The van der Waals surface area contributed by atoms with E-state index in [1.54, 1.807) is 0 Å². The monoisotopic (exact) mass is 252 g/mol. The van der Waals surface area contributed by atoms with Crippen LogP contribution in [0, 0.1) is 12.8 Å². The molecule has 18 heavy (non-hydrogen) atoms. The molecule has 4 nitrogen and oxygen atoms in total. The second kappa shape index (κ2) is 6.23. The van der Waals surface area contributed by atoms with Crippen LogP contribution in [0.1, 0.15) is 38.4 Å². The smallest absolute Gasteiger partial charge is 0.131 e. The number of aryl methyl sites for hydroxylation is 2. The molecule has 0 aromatic carbocycles. The Morgan fingerprint density at radius 3 is 2.44 bits per heavy atom. The van der Waals surface area contributed by atoms with Gasteiger partial charge in [0.1, 0.15) is 5.82 Å². The lowest BCUT2D eigenvalue weighted by molar-refractivity contribution is 0.496. The van der Waals surface area contributed by atoms with Gasteiger partial charge in [0.05, 0.1) is 5.69 Å². The maximum Gasteiger partial charge on any atom is 0.131 e. The maximum absolute atomic E-state index is 4.55. The number of rotatable bonds is 6. The first-order valence-electron chi connectivity index (χ1n) is 6.78. The van der Waals surface area contributed by atoms with Gasteiger partial charge in [-0.2, -0.15) is 5.10 Å². The van der Waals surface area contributed by atoms with E-state index in [0.717, 1.165) is 12.2 Å². The molecule has 1 N–H and O–H groups in total. The van der Waals surface area contributed by atoms with Crippen molar-refractivity contribution in [2.24, 2.45) is 13.0 Å². The molecular weight excluding hydrogens is 224 g/mol. The molecule has 4 heteroatoms. The highest BCUT2D eigenvalue weighted by Crippen LogP contribution is 2.25. The van der Waals surface area contributed by atoms with E-state index in [0.29, 0.717) is 12.0 Å². The van der Waals surface area contributed by atoms with Crippen molar-refractivity contribution in [3.63, 3.8) is 0 Å². The van der Waals surface area contributed by atoms with Gasteiger partial charge in [0.15, 0.2) is 0 Å². The second-order valence-electron chi connectivity index (χ2n) is 5.63. The molecule has 1 heterocycles. The van der Waals surface area contributed by atoms with E-state index in [1.165, 1.54) is 17.8 Å². The highest BCUT2D eigenvalue weighted by Gasteiger charge is 2.20. The van der Waals surface area contributed by atoms with Crippen LogP contribution in [0.15, 0.2) is 0 Å². The van der Waals surface area contributed by atoms with Crippen molar-refractivity contribution < 1.29 is 0 Å². The summed E-state index contributed by atoms with van der Waals surface area (Å²) < 4.78 is 2.00. The Bertz CT molecular complexity index is 381. The average molecular weight is 252 g/mol. The van der Waals surface area contributed by atoms with E-state index in [1.807, 2.05) is 18.8 Å². The minimum absolute atomic E-state index is 0.524. The molecule has 0 saturated carbocycles. The van der Waals surface area contributed by atoms with Crippen LogP contribution in [-0.2, 0) is 13.6 Å². The van der Waals surface area contributed by atoms with E-state index in [-0.39, 0.29) is 0 Å². The highest BCUT2D eigenvalue weighted by molar-refractivity contribution is 5.50. The average Bonchev–Trinajstić information content (AvgIpc) is 2.52. The molecule has 1 unspecified atom stereocenters. The van der Waals surface area contributed by atoms with Crippen LogP contribution in [-0.4, -0.2) is 29.9 Å². The molecule has 1 aromatic heterocycles. The standard InChI is InChI=1S/C14H28N4/c1-10(2)8-11(3)17(6)14-13(9-15-5)12(4)16-18(14)7/h10-11,15H,8-9H2,1-7H3. The Morgan fingerprint density at radius 2 is 1.94 bits per heavy atom. The Kier molecular flexibility index (Phi) is 5.20. The number of hydrogen-bond acceptors (Lipinski definition) is 3. The van der Waals surface area contributed by atoms with Crippen molar-refractivity contribution in [3.05, 3.63) is 11.3 Å². The third-order valence-corrected chi connectivity index (χ3v) is 3.47. The first-order valence-corrected chi connectivity index (χ1v) is 6.78. The fourth-order valence-corrected chi connectivity index (χ4v) is 2.56. The lowest BCUT2D eigenvalue weighted by Gasteiger charge is -2.29. The van der Waals surface area contributed by atoms with Crippen molar-refractivity contribution in [1.29, 1.82) is 0 Å². The molecule has 1 atom stereocenters. The number of anilines is 1. The third kappa shape index (κ3) is 3.25. The van der Waals surface area contributed by atoms with Crippen LogP contribution < -0.4 is 10.2 Å². The molecule has 0 aliphatic heterocycles. The molecule has 0 saturated heterocycles. The Hall–Kier alpha value is -1.03. The molecule has 1 aromatic rings. The first-order chi connectivity index (χ1) is 8.38. The van der Waals surface area contributed by atoms with Crippen LogP contribution in [0.3, 0.4) is 0 Å². The summed E-state index contributed by atoms with van der Waals surface area (Å²) >= 11 is 0. The van der Waals surface area contributed by atoms with Gasteiger partial charge in [0.2, 0.25) is 0 Å². The number of nitrogens with one attached hydrogen (secondary N) is 1. The molecule has 0 bridgehead atoms. The molecule has 0 fully saturated rings. The van der Waals surface area contributed by atoms with Gasteiger partial charge < -0.3 is 10.2 Å². The molecule has 0 spiro atoms. The maximum atomic E-state index is 4.55. The van der Waals surface area contributed by atoms with Gasteiger partial charge >= 0.3 is 0 Å². The van der Waals surface area contributed by atoms with E-state index in [4.69, 9.17) is 0 Å². The predicted molar refractivity (Wildman–Crippen MR) is 78.0 cm³/mol. The summed E-state index contributed by atoms with van der Waals surface area (Å²) in [6.45, 7) is 9.77. The Labute approximate surface area is 111 Å². The van der Waals surface area contributed by atoms with Crippen molar-refractivity contribution in [1.82, 2.24) is 15.1 Å². The van der Waals surface area contributed by atoms with Crippen LogP contribution in [0.4, 0.5) is 5.82 Å². The lowest BCUT2D eigenvalue weighted by atomic mass is 10.0. The van der Waals surface area contributed by atoms with Crippen molar-refractivity contribution in [3.8, 4) is 0 Å². The summed E-state index contributed by atoms with van der Waals surface area (Å²) in [6.07, 6.45) is 1.19. The van der Waals surface area contributed by atoms with Gasteiger partial charge in [-0.25, -0.2) is 0 Å². The number of aromatic nitrogens is 2. The Balaban J connectivity index is 3.00. The number of hydrogen-bond donors (Lipinski definition) is 1. The minimum atomic E-state index is 0.524. The SMILES string of the molecule is CNCc1c(C)nn(C)c1N(C)C(C)CC(C)C. The molecule has 0 aliphatic rings. The van der Waals surface area contributed by atoms with E-state index in [9.17, 15) is 0 Å². The van der Waals surface area contributed by atoms with Crippen LogP contribution in [0.25, 0.3) is 0 Å². The highest BCUT2D eigenvalue weighted by atomic mass is 15.4. The summed E-state index contributed by atoms with van der Waals surface area (Å²) in [5.41, 5.74) is 2.42. The van der Waals surface area contributed by atoms with Gasteiger partial charge in [0.25, 0.3) is 0 Å². The largest absolute Gasteiger partial charge is 0.357 e. The van der Waals surface area contributed by atoms with Crippen LogP contribution in [0.5, 0.6) is 0 Å². The van der Waals surface area contributed by atoms with Gasteiger partial charge in [-0.15, -0.1) is 0 Å². The van der Waals surface area contributed by atoms with E-state index in [2.05, 4.69) is 50.1 Å². The van der Waals surface area contributed by atoms with Crippen molar-refractivity contribution in [2.45, 2.75) is 46.7 Å². The molecule has 104 valence electrons. The molecule has 0 amide bonds. The number of nitrogens with zero attached hydrogens (tertiary/aromatic N) is 3. The zero-order valence-electron chi connectivity index (χ0n) is 12.9. The zero-order chi connectivity index (χ0) is 13.9. The zero-order valence-corrected chi connectivity index (χ0v) is 12.9. The lowest BCUT2D eigenvalue weighted by Crippen LogP contribution is -2.32. The van der Waals surface area contributed by atoms with Gasteiger partial charge in [-0.05, 0) is 33.2 Å². The first kappa shape index (κ1) is 15.0. The summed E-state index contributed by atoms with van der Waals surface area (Å²) in [5.74, 6) is 1.94. The van der Waals surface area contributed by atoms with Gasteiger partial charge in [0, 0.05) is 32.2 Å². The second-order valence-corrected chi connectivity index (χ2v) is 5.63. The fraction of sp³-hybridized carbons (Fsp3) is 0.786. The topological polar surface area (TPSA) is 33.1 Å². The van der Waals surface area contributed by atoms with Gasteiger partial charge in [-0.3, -0.25) is 4.68 Å². The van der Waals surface area contributed by atoms with E-state index < -0.39 is 0 Å². The quantitative estimate of drug-likeness (QED) is 0.843. The minimum Gasteiger partial charge on any atom is -0.357 e. The molecule has 1 rings (SSSR count). The summed E-state index contributed by atoms with van der Waals surface area (Å²) in [4.78, 5) is 2.35. The molecule has 0 radical (unpaired) electrons. The normalized spacial score (nSPS) is 13.1. The molecular formula is C14H28N4. The molecule has 0 aliphatic carbocycles. The predicted octanol–water partition coefficient (Wildman–Crippen LogP) is 2.32. The van der Waals surface area contributed by atoms with Crippen LogP contribution >= 0.6 is 0 Å². The van der Waals surface area contributed by atoms with Crippen molar-refractivity contribution >= 4 is 5.82 Å². The third-order valence-electron chi connectivity index (χ3n) is 3.47.